The number of nitrogens with zero attached hydrogens (tertiary/aromatic N) is 2. The lowest BCUT2D eigenvalue weighted by Gasteiger charge is -2.22. The molecule has 2 heterocycles. The fourth-order valence-electron chi connectivity index (χ4n) is 2.89. The molecule has 2 aromatic rings. The SMILES string of the molecule is C=CCOCC(O)CNC(c1nc(-c2ccc3c(c2)OCO3)no1)C(C)CC. The molecule has 3 rings (SSSR count). The van der Waals surface area contributed by atoms with Crippen LogP contribution in [0.25, 0.3) is 11.4 Å². The maximum absolute atomic E-state index is 10.1. The van der Waals surface area contributed by atoms with Crippen LogP contribution < -0.4 is 14.8 Å². The molecule has 3 atom stereocenters. The number of nitrogens with one attached hydrogen (secondary N) is 1. The Balaban J connectivity index is 1.68. The van der Waals surface area contributed by atoms with Crippen LogP contribution in [0.4, 0.5) is 0 Å². The monoisotopic (exact) mass is 389 g/mol. The first-order chi connectivity index (χ1) is 13.6. The lowest BCUT2D eigenvalue weighted by molar-refractivity contribution is 0.0457. The van der Waals surface area contributed by atoms with Crippen molar-refractivity contribution in [1.29, 1.82) is 0 Å². The number of aliphatic hydroxyl groups is 1. The van der Waals surface area contributed by atoms with Crippen LogP contribution >= 0.6 is 0 Å². The Bertz CT molecular complexity index is 779. The molecule has 1 aromatic carbocycles. The van der Waals surface area contributed by atoms with E-state index in [-0.39, 0.29) is 25.4 Å². The molecule has 8 heteroatoms. The van der Waals surface area contributed by atoms with Gasteiger partial charge in [0, 0.05) is 12.1 Å². The molecule has 1 aromatic heterocycles. The Hall–Kier alpha value is -2.42. The molecule has 0 spiro atoms. The lowest BCUT2D eigenvalue weighted by atomic mass is 9.99. The van der Waals surface area contributed by atoms with Crippen LogP contribution in [0, 0.1) is 5.92 Å². The lowest BCUT2D eigenvalue weighted by Crippen LogP contribution is -2.35. The highest BCUT2D eigenvalue weighted by molar-refractivity contribution is 5.61. The standard InChI is InChI=1S/C20H27N3O5/c1-4-8-25-11-15(24)10-21-18(13(3)5-2)20-22-19(23-28-20)14-6-7-16-17(9-14)27-12-26-16/h4,6-7,9,13,15,18,21,24H,1,5,8,10-12H2,2-3H3. The van der Waals surface area contributed by atoms with Gasteiger partial charge in [0.2, 0.25) is 18.5 Å². The van der Waals surface area contributed by atoms with Crippen molar-refractivity contribution in [2.75, 3.05) is 26.6 Å². The van der Waals surface area contributed by atoms with Crippen molar-refractivity contribution in [3.05, 3.63) is 36.7 Å². The van der Waals surface area contributed by atoms with Crippen molar-refractivity contribution in [2.24, 2.45) is 5.92 Å². The van der Waals surface area contributed by atoms with E-state index in [1.807, 2.05) is 18.2 Å². The molecule has 3 unspecified atom stereocenters. The van der Waals surface area contributed by atoms with Gasteiger partial charge in [0.05, 0.1) is 25.4 Å². The molecule has 0 saturated carbocycles. The molecule has 8 nitrogen and oxygen atoms in total. The first-order valence-corrected chi connectivity index (χ1v) is 9.46. The van der Waals surface area contributed by atoms with E-state index in [0.717, 1.165) is 12.0 Å². The summed E-state index contributed by atoms with van der Waals surface area (Å²) in [5.41, 5.74) is 0.792. The average molecular weight is 389 g/mol. The van der Waals surface area contributed by atoms with Gasteiger partial charge in [0.15, 0.2) is 11.5 Å². The van der Waals surface area contributed by atoms with Gasteiger partial charge >= 0.3 is 0 Å². The van der Waals surface area contributed by atoms with Crippen LogP contribution in [0.15, 0.2) is 35.4 Å². The second kappa shape index (κ2) is 9.68. The average Bonchev–Trinajstić information content (AvgIpc) is 3.37. The summed E-state index contributed by atoms with van der Waals surface area (Å²) in [6.45, 7) is 9.00. The fraction of sp³-hybridized carbons (Fsp3) is 0.500. The van der Waals surface area contributed by atoms with Crippen LogP contribution in [0.5, 0.6) is 11.5 Å². The first-order valence-electron chi connectivity index (χ1n) is 9.46. The number of aliphatic hydroxyl groups excluding tert-OH is 1. The number of hydrogen-bond acceptors (Lipinski definition) is 8. The van der Waals surface area contributed by atoms with E-state index in [9.17, 15) is 5.11 Å². The molecule has 28 heavy (non-hydrogen) atoms. The number of fused-ring (bicyclic) bond motifs is 1. The zero-order valence-corrected chi connectivity index (χ0v) is 16.3. The minimum absolute atomic E-state index is 0.172. The molecule has 0 radical (unpaired) electrons. The number of ether oxygens (including phenoxy) is 3. The molecule has 1 aliphatic heterocycles. The van der Waals surface area contributed by atoms with E-state index in [4.69, 9.17) is 18.7 Å². The molecule has 2 N–H and O–H groups in total. The van der Waals surface area contributed by atoms with Gasteiger partial charge in [0.25, 0.3) is 0 Å². The van der Waals surface area contributed by atoms with Crippen LogP contribution in [0.3, 0.4) is 0 Å². The predicted molar refractivity (Wildman–Crippen MR) is 103 cm³/mol. The second-order valence-electron chi connectivity index (χ2n) is 6.78. The van der Waals surface area contributed by atoms with Crippen molar-refractivity contribution < 1.29 is 23.8 Å². The van der Waals surface area contributed by atoms with E-state index in [2.05, 4.69) is 35.9 Å². The second-order valence-corrected chi connectivity index (χ2v) is 6.78. The van der Waals surface area contributed by atoms with Gasteiger partial charge in [-0.1, -0.05) is 31.5 Å². The minimum atomic E-state index is -0.636. The summed E-state index contributed by atoms with van der Waals surface area (Å²) >= 11 is 0. The van der Waals surface area contributed by atoms with Gasteiger partial charge in [0.1, 0.15) is 0 Å². The Morgan fingerprint density at radius 2 is 2.18 bits per heavy atom. The molecule has 1 aliphatic rings. The van der Waals surface area contributed by atoms with Crippen LogP contribution in [0.2, 0.25) is 0 Å². The predicted octanol–water partition coefficient (Wildman–Crippen LogP) is 2.71. The van der Waals surface area contributed by atoms with Gasteiger partial charge in [-0.3, -0.25) is 0 Å². The normalized spacial score (nSPS) is 16.0. The zero-order valence-electron chi connectivity index (χ0n) is 16.3. The van der Waals surface area contributed by atoms with Crippen molar-refractivity contribution in [3.63, 3.8) is 0 Å². The molecule has 0 aliphatic carbocycles. The maximum atomic E-state index is 10.1. The van der Waals surface area contributed by atoms with Gasteiger partial charge in [-0.15, -0.1) is 6.58 Å². The summed E-state index contributed by atoms with van der Waals surface area (Å²) < 4.78 is 21.6. The Morgan fingerprint density at radius 3 is 2.96 bits per heavy atom. The smallest absolute Gasteiger partial charge is 0.244 e. The molecule has 0 fully saturated rings. The van der Waals surface area contributed by atoms with E-state index in [1.165, 1.54) is 0 Å². The Kier molecular flexibility index (Phi) is 7.02. The first kappa shape index (κ1) is 20.3. The van der Waals surface area contributed by atoms with Gasteiger partial charge in [-0.05, 0) is 24.1 Å². The molecular weight excluding hydrogens is 362 g/mol. The van der Waals surface area contributed by atoms with Gasteiger partial charge in [-0.25, -0.2) is 0 Å². The molecule has 0 saturated heterocycles. The summed E-state index contributed by atoms with van der Waals surface area (Å²) in [5, 5.41) is 17.5. The van der Waals surface area contributed by atoms with Gasteiger partial charge in [-0.2, -0.15) is 4.98 Å². The maximum Gasteiger partial charge on any atom is 0.244 e. The number of benzene rings is 1. The topological polar surface area (TPSA) is 98.9 Å². The van der Waals surface area contributed by atoms with Crippen LogP contribution in [-0.4, -0.2) is 47.9 Å². The molecule has 152 valence electrons. The van der Waals surface area contributed by atoms with Gasteiger partial charge < -0.3 is 29.2 Å². The Morgan fingerprint density at radius 1 is 1.36 bits per heavy atom. The van der Waals surface area contributed by atoms with Crippen molar-refractivity contribution >= 4 is 0 Å². The van der Waals surface area contributed by atoms with Crippen LogP contribution in [-0.2, 0) is 4.74 Å². The molecule has 0 amide bonds. The highest BCUT2D eigenvalue weighted by Gasteiger charge is 2.25. The largest absolute Gasteiger partial charge is 0.454 e. The van der Waals surface area contributed by atoms with Crippen molar-refractivity contribution in [3.8, 4) is 22.9 Å². The third-order valence-corrected chi connectivity index (χ3v) is 4.67. The van der Waals surface area contributed by atoms with E-state index in [1.54, 1.807) is 6.08 Å². The summed E-state index contributed by atoms with van der Waals surface area (Å²) in [5.74, 6) is 2.59. The summed E-state index contributed by atoms with van der Waals surface area (Å²) in [6.07, 6.45) is 1.93. The van der Waals surface area contributed by atoms with Crippen LogP contribution in [0.1, 0.15) is 32.2 Å². The number of hydrogen-bond donors (Lipinski definition) is 2. The third kappa shape index (κ3) is 4.89. The highest BCUT2D eigenvalue weighted by atomic mass is 16.7. The minimum Gasteiger partial charge on any atom is -0.454 e. The highest BCUT2D eigenvalue weighted by Crippen LogP contribution is 2.35. The zero-order chi connectivity index (χ0) is 19.9. The fourth-order valence-corrected chi connectivity index (χ4v) is 2.89. The summed E-state index contributed by atoms with van der Waals surface area (Å²) in [7, 11) is 0. The van der Waals surface area contributed by atoms with E-state index in [0.29, 0.717) is 36.4 Å². The third-order valence-electron chi connectivity index (χ3n) is 4.67. The molecule has 0 bridgehead atoms. The van der Waals surface area contributed by atoms with E-state index < -0.39 is 6.10 Å². The number of aromatic nitrogens is 2. The number of rotatable bonds is 11. The summed E-state index contributed by atoms with van der Waals surface area (Å²) in [4.78, 5) is 4.57. The molecular formula is C20H27N3O5. The van der Waals surface area contributed by atoms with Crippen molar-refractivity contribution in [1.82, 2.24) is 15.5 Å². The summed E-state index contributed by atoms with van der Waals surface area (Å²) in [6, 6.07) is 5.37. The van der Waals surface area contributed by atoms with Crippen molar-refractivity contribution in [2.45, 2.75) is 32.4 Å². The quantitative estimate of drug-likeness (QED) is 0.447. The van der Waals surface area contributed by atoms with E-state index >= 15 is 0 Å². The Labute approximate surface area is 164 Å².